The Morgan fingerprint density at radius 3 is 2.80 bits per heavy atom. The number of likely N-dealkylation sites (tertiary alicyclic amines) is 1. The van der Waals surface area contributed by atoms with Gasteiger partial charge in [0.15, 0.2) is 0 Å². The average Bonchev–Trinajstić information content (AvgIpc) is 2.91. The molecule has 1 atom stereocenters. The SMILES string of the molecule is Nc1ccc(CN2CCCC2c2ccncc2)c(Br)c1. The molecule has 104 valence electrons. The van der Waals surface area contributed by atoms with Crippen LogP contribution < -0.4 is 5.73 Å². The fourth-order valence-corrected chi connectivity index (χ4v) is 3.41. The molecule has 2 N–H and O–H groups in total. The van der Waals surface area contributed by atoms with Crippen LogP contribution in [0.5, 0.6) is 0 Å². The van der Waals surface area contributed by atoms with Crippen LogP contribution in [0.4, 0.5) is 5.69 Å². The van der Waals surface area contributed by atoms with Crippen molar-refractivity contribution >= 4 is 21.6 Å². The summed E-state index contributed by atoms with van der Waals surface area (Å²) in [5.41, 5.74) is 9.26. The molecule has 3 rings (SSSR count). The van der Waals surface area contributed by atoms with Crippen molar-refractivity contribution in [3.63, 3.8) is 0 Å². The number of halogens is 1. The summed E-state index contributed by atoms with van der Waals surface area (Å²) in [7, 11) is 0. The molecule has 3 nitrogen and oxygen atoms in total. The molecule has 1 aromatic heterocycles. The summed E-state index contributed by atoms with van der Waals surface area (Å²) >= 11 is 3.61. The van der Waals surface area contributed by atoms with E-state index < -0.39 is 0 Å². The van der Waals surface area contributed by atoms with Gasteiger partial charge >= 0.3 is 0 Å². The Kier molecular flexibility index (Phi) is 4.03. The lowest BCUT2D eigenvalue weighted by atomic mass is 10.1. The van der Waals surface area contributed by atoms with Crippen LogP contribution in [0.1, 0.15) is 30.0 Å². The van der Waals surface area contributed by atoms with Crippen LogP contribution in [-0.2, 0) is 6.54 Å². The molecule has 0 amide bonds. The van der Waals surface area contributed by atoms with E-state index in [-0.39, 0.29) is 0 Å². The zero-order valence-corrected chi connectivity index (χ0v) is 12.9. The number of anilines is 1. The van der Waals surface area contributed by atoms with E-state index in [0.29, 0.717) is 6.04 Å². The van der Waals surface area contributed by atoms with Crippen LogP contribution in [0, 0.1) is 0 Å². The molecule has 1 fully saturated rings. The van der Waals surface area contributed by atoms with Crippen LogP contribution in [0.2, 0.25) is 0 Å². The first-order valence-electron chi connectivity index (χ1n) is 6.92. The van der Waals surface area contributed by atoms with Crippen LogP contribution in [0.15, 0.2) is 47.2 Å². The largest absolute Gasteiger partial charge is 0.399 e. The number of hydrogen-bond acceptors (Lipinski definition) is 3. The van der Waals surface area contributed by atoms with Gasteiger partial charge in [0.25, 0.3) is 0 Å². The normalized spacial score (nSPS) is 19.4. The van der Waals surface area contributed by atoms with Crippen molar-refractivity contribution in [2.45, 2.75) is 25.4 Å². The molecule has 1 unspecified atom stereocenters. The van der Waals surface area contributed by atoms with E-state index in [1.54, 1.807) is 0 Å². The topological polar surface area (TPSA) is 42.1 Å². The summed E-state index contributed by atoms with van der Waals surface area (Å²) in [5.74, 6) is 0. The minimum absolute atomic E-state index is 0.502. The summed E-state index contributed by atoms with van der Waals surface area (Å²) < 4.78 is 1.10. The Labute approximate surface area is 127 Å². The number of nitrogens with zero attached hydrogens (tertiary/aromatic N) is 2. The van der Waals surface area contributed by atoms with E-state index in [2.05, 4.69) is 44.0 Å². The molecule has 1 aromatic carbocycles. The van der Waals surface area contributed by atoms with Gasteiger partial charge in [0.1, 0.15) is 0 Å². The summed E-state index contributed by atoms with van der Waals surface area (Å²) in [6.07, 6.45) is 6.23. The summed E-state index contributed by atoms with van der Waals surface area (Å²) in [6, 6.07) is 10.8. The molecular formula is C16H18BrN3. The van der Waals surface area contributed by atoms with Crippen molar-refractivity contribution < 1.29 is 0 Å². The predicted octanol–water partition coefficient (Wildman–Crippen LogP) is 3.76. The van der Waals surface area contributed by atoms with Crippen LogP contribution in [0.25, 0.3) is 0 Å². The summed E-state index contributed by atoms with van der Waals surface area (Å²) in [4.78, 5) is 6.64. The molecule has 1 aliphatic rings. The first-order valence-corrected chi connectivity index (χ1v) is 7.71. The van der Waals surface area contributed by atoms with Gasteiger partial charge in [-0.3, -0.25) is 9.88 Å². The van der Waals surface area contributed by atoms with Crippen molar-refractivity contribution in [1.82, 2.24) is 9.88 Å². The van der Waals surface area contributed by atoms with Gasteiger partial charge in [0.2, 0.25) is 0 Å². The maximum absolute atomic E-state index is 5.80. The zero-order chi connectivity index (χ0) is 13.9. The Morgan fingerprint density at radius 1 is 1.25 bits per heavy atom. The molecule has 1 aliphatic heterocycles. The molecule has 0 radical (unpaired) electrons. The van der Waals surface area contributed by atoms with Gasteiger partial charge < -0.3 is 5.73 Å². The lowest BCUT2D eigenvalue weighted by Crippen LogP contribution is -2.23. The Bertz CT molecular complexity index is 586. The number of nitrogen functional groups attached to an aromatic ring is 1. The quantitative estimate of drug-likeness (QED) is 0.870. The highest BCUT2D eigenvalue weighted by Crippen LogP contribution is 2.34. The molecule has 2 heterocycles. The summed E-state index contributed by atoms with van der Waals surface area (Å²) in [6.45, 7) is 2.09. The summed E-state index contributed by atoms with van der Waals surface area (Å²) in [5, 5.41) is 0. The van der Waals surface area contributed by atoms with Crippen molar-refractivity contribution in [3.8, 4) is 0 Å². The van der Waals surface area contributed by atoms with Crippen LogP contribution >= 0.6 is 15.9 Å². The van der Waals surface area contributed by atoms with Crippen molar-refractivity contribution in [2.75, 3.05) is 12.3 Å². The molecule has 0 aliphatic carbocycles. The van der Waals surface area contributed by atoms with Crippen LogP contribution in [-0.4, -0.2) is 16.4 Å². The molecule has 1 saturated heterocycles. The van der Waals surface area contributed by atoms with Gasteiger partial charge in [-0.15, -0.1) is 0 Å². The Balaban J connectivity index is 1.79. The molecule has 0 bridgehead atoms. The smallest absolute Gasteiger partial charge is 0.0353 e. The predicted molar refractivity (Wildman–Crippen MR) is 85.2 cm³/mol. The molecular weight excluding hydrogens is 314 g/mol. The van der Waals surface area contributed by atoms with Gasteiger partial charge in [0, 0.05) is 35.1 Å². The molecule has 0 spiro atoms. The standard InChI is InChI=1S/C16H18BrN3/c17-15-10-14(18)4-3-13(15)11-20-9-1-2-16(20)12-5-7-19-8-6-12/h3-8,10,16H,1-2,9,11,18H2. The Morgan fingerprint density at radius 2 is 2.05 bits per heavy atom. The number of nitrogens with two attached hydrogens (primary N) is 1. The second kappa shape index (κ2) is 5.94. The number of hydrogen-bond donors (Lipinski definition) is 1. The number of aromatic nitrogens is 1. The minimum Gasteiger partial charge on any atom is -0.399 e. The highest BCUT2D eigenvalue weighted by atomic mass is 79.9. The van der Waals surface area contributed by atoms with Gasteiger partial charge in [-0.25, -0.2) is 0 Å². The average molecular weight is 332 g/mol. The van der Waals surface area contributed by atoms with E-state index in [1.165, 1.54) is 24.0 Å². The van der Waals surface area contributed by atoms with Gasteiger partial charge in [0.05, 0.1) is 0 Å². The zero-order valence-electron chi connectivity index (χ0n) is 11.3. The second-order valence-corrected chi connectivity index (χ2v) is 6.11. The third-order valence-electron chi connectivity index (χ3n) is 3.91. The molecule has 2 aromatic rings. The van der Waals surface area contributed by atoms with Crippen molar-refractivity contribution in [2.24, 2.45) is 0 Å². The number of benzene rings is 1. The van der Waals surface area contributed by atoms with Crippen LogP contribution in [0.3, 0.4) is 0 Å². The van der Waals surface area contributed by atoms with E-state index in [1.807, 2.05) is 24.5 Å². The van der Waals surface area contributed by atoms with E-state index in [9.17, 15) is 0 Å². The molecule has 4 heteroatoms. The first kappa shape index (κ1) is 13.6. The fourth-order valence-electron chi connectivity index (χ4n) is 2.89. The monoisotopic (exact) mass is 331 g/mol. The minimum atomic E-state index is 0.502. The third-order valence-corrected chi connectivity index (χ3v) is 4.64. The van der Waals surface area contributed by atoms with E-state index >= 15 is 0 Å². The van der Waals surface area contributed by atoms with Gasteiger partial charge in [-0.05, 0) is 54.8 Å². The highest BCUT2D eigenvalue weighted by molar-refractivity contribution is 9.10. The van der Waals surface area contributed by atoms with Crippen molar-refractivity contribution in [3.05, 3.63) is 58.3 Å². The maximum atomic E-state index is 5.80. The number of rotatable bonds is 3. The molecule has 20 heavy (non-hydrogen) atoms. The lowest BCUT2D eigenvalue weighted by molar-refractivity contribution is 0.248. The van der Waals surface area contributed by atoms with E-state index in [0.717, 1.165) is 23.2 Å². The van der Waals surface area contributed by atoms with Gasteiger partial charge in [-0.1, -0.05) is 22.0 Å². The molecule has 0 saturated carbocycles. The van der Waals surface area contributed by atoms with Gasteiger partial charge in [-0.2, -0.15) is 0 Å². The highest BCUT2D eigenvalue weighted by Gasteiger charge is 2.26. The van der Waals surface area contributed by atoms with Crippen molar-refractivity contribution in [1.29, 1.82) is 0 Å². The third kappa shape index (κ3) is 2.86. The second-order valence-electron chi connectivity index (χ2n) is 5.26. The first-order chi connectivity index (χ1) is 9.74. The Hall–Kier alpha value is -1.39. The fraction of sp³-hybridized carbons (Fsp3) is 0.312. The van der Waals surface area contributed by atoms with E-state index in [4.69, 9.17) is 5.73 Å². The number of pyridine rings is 1. The maximum Gasteiger partial charge on any atom is 0.0353 e. The lowest BCUT2D eigenvalue weighted by Gasteiger charge is -2.25.